The van der Waals surface area contributed by atoms with Gasteiger partial charge in [-0.05, 0) is 74.2 Å². The van der Waals surface area contributed by atoms with Crippen molar-refractivity contribution < 1.29 is 23.6 Å². The Hall–Kier alpha value is -3.02. The van der Waals surface area contributed by atoms with E-state index >= 15 is 0 Å². The van der Waals surface area contributed by atoms with E-state index in [1.54, 1.807) is 6.92 Å². The third-order valence-corrected chi connectivity index (χ3v) is 12.2. The number of carbonyl (C=O) groups is 4. The van der Waals surface area contributed by atoms with Crippen LogP contribution in [0.4, 0.5) is 0 Å². The molecule has 2 unspecified atom stereocenters. The average Bonchev–Trinajstić information content (AvgIpc) is 2.99. The van der Waals surface area contributed by atoms with Gasteiger partial charge in [0.1, 0.15) is 18.1 Å². The molecule has 0 aliphatic carbocycles. The zero-order valence-corrected chi connectivity index (χ0v) is 29.8. The molecule has 0 radical (unpaired) electrons. The molecule has 2 heterocycles. The molecule has 45 heavy (non-hydrogen) atoms. The standard InChI is InChI=1S/C34H55N5O5Si/c1-21(2)29-32(42)36-24(5)33(43)39-19-13-17-27(38-39)31(41)35-23(4)26-16-12-15-25(20-26)14-10-11-18-28(22(3)30(40)37-29)44-45(9)34(6,7)8/h10,12,14-16,20-24,27-29,38,45H,11,13,17-19H2,1-9H3,(H,35,41)(H,36,42)(H,37,40)/b14-10+/t22-,23-,24+,27+,28-,29?,45?/m1/s1. The Labute approximate surface area is 271 Å². The third kappa shape index (κ3) is 10.2. The zero-order valence-electron chi connectivity index (χ0n) is 28.6. The third-order valence-electron chi connectivity index (χ3n) is 9.01. The minimum absolute atomic E-state index is 0.0195. The summed E-state index contributed by atoms with van der Waals surface area (Å²) in [5.74, 6) is -1.89. The topological polar surface area (TPSA) is 129 Å². The van der Waals surface area contributed by atoms with E-state index in [-0.39, 0.29) is 40.8 Å². The van der Waals surface area contributed by atoms with Crippen LogP contribution in [-0.2, 0) is 23.6 Å². The van der Waals surface area contributed by atoms with Crippen LogP contribution in [0.25, 0.3) is 6.08 Å². The Kier molecular flexibility index (Phi) is 13.0. The van der Waals surface area contributed by atoms with Gasteiger partial charge in [0.2, 0.25) is 17.7 Å². The minimum Gasteiger partial charge on any atom is -0.416 e. The van der Waals surface area contributed by atoms with E-state index in [1.165, 1.54) is 5.01 Å². The summed E-state index contributed by atoms with van der Waals surface area (Å²) in [7, 11) is -1.67. The Morgan fingerprint density at radius 2 is 1.62 bits per heavy atom. The van der Waals surface area contributed by atoms with Crippen molar-refractivity contribution in [2.45, 2.75) is 123 Å². The molecule has 2 aliphatic heterocycles. The number of carbonyl (C=O) groups excluding carboxylic acids is 4. The highest BCUT2D eigenvalue weighted by Gasteiger charge is 2.35. The van der Waals surface area contributed by atoms with E-state index in [9.17, 15) is 19.2 Å². The van der Waals surface area contributed by atoms with Crippen LogP contribution in [0, 0.1) is 11.8 Å². The summed E-state index contributed by atoms with van der Waals surface area (Å²) in [6, 6.07) is 5.56. The highest BCUT2D eigenvalue weighted by molar-refractivity contribution is 6.53. The molecular formula is C34H55N5O5Si. The summed E-state index contributed by atoms with van der Waals surface area (Å²) in [5.41, 5.74) is 5.06. The summed E-state index contributed by atoms with van der Waals surface area (Å²) >= 11 is 0. The molecule has 250 valence electrons. The summed E-state index contributed by atoms with van der Waals surface area (Å²) in [5, 5.41) is 10.3. The van der Waals surface area contributed by atoms with Gasteiger partial charge in [0.05, 0.1) is 18.1 Å². The first kappa shape index (κ1) is 36.4. The lowest BCUT2D eigenvalue weighted by atomic mass is 9.96. The van der Waals surface area contributed by atoms with Crippen molar-refractivity contribution in [1.82, 2.24) is 26.4 Å². The first-order valence-corrected chi connectivity index (χ1v) is 18.7. The van der Waals surface area contributed by atoms with Crippen molar-refractivity contribution >= 4 is 38.7 Å². The SMILES string of the molecule is CC(C)C1NC(=O)[C@H](C)[C@H](O[SiH](C)C(C)(C)C)CC/C=C/c2cccc(c2)[C@@H](C)NC(=O)[C@@H]2CCCN(N2)C(=O)[C@H](C)NC1=O. The average molecular weight is 642 g/mol. The predicted octanol–water partition coefficient (Wildman–Crippen LogP) is 3.99. The van der Waals surface area contributed by atoms with Crippen molar-refractivity contribution in [1.29, 1.82) is 0 Å². The number of nitrogens with one attached hydrogen (secondary N) is 4. The molecule has 7 atom stereocenters. The fourth-order valence-corrected chi connectivity index (χ4v) is 6.74. The van der Waals surface area contributed by atoms with Crippen LogP contribution >= 0.6 is 0 Å². The van der Waals surface area contributed by atoms with Crippen LogP contribution in [0.15, 0.2) is 30.3 Å². The summed E-state index contributed by atoms with van der Waals surface area (Å²) in [6.07, 6.45) is 6.44. The lowest BCUT2D eigenvalue weighted by Gasteiger charge is -2.35. The molecule has 10 nitrogen and oxygen atoms in total. The smallest absolute Gasteiger partial charge is 0.258 e. The first-order valence-electron chi connectivity index (χ1n) is 16.5. The molecule has 4 N–H and O–H groups in total. The Balaban J connectivity index is 1.93. The molecule has 1 aromatic rings. The number of benzene rings is 1. The van der Waals surface area contributed by atoms with Gasteiger partial charge in [-0.25, -0.2) is 5.43 Å². The molecular weight excluding hydrogens is 586 g/mol. The maximum absolute atomic E-state index is 13.6. The zero-order chi connectivity index (χ0) is 33.5. The molecule has 0 aromatic heterocycles. The second kappa shape index (κ2) is 16.0. The molecule has 1 aromatic carbocycles. The number of hydrogen-bond acceptors (Lipinski definition) is 6. The molecule has 1 saturated heterocycles. The van der Waals surface area contributed by atoms with E-state index in [4.69, 9.17) is 4.43 Å². The van der Waals surface area contributed by atoms with E-state index < -0.39 is 39.0 Å². The van der Waals surface area contributed by atoms with Gasteiger partial charge in [-0.1, -0.05) is 71.9 Å². The van der Waals surface area contributed by atoms with Crippen molar-refractivity contribution in [3.05, 3.63) is 41.5 Å². The molecule has 0 spiro atoms. The van der Waals surface area contributed by atoms with E-state index in [0.717, 1.165) is 11.1 Å². The lowest BCUT2D eigenvalue weighted by Crippen LogP contribution is -2.62. The van der Waals surface area contributed by atoms with Crippen LogP contribution in [0.5, 0.6) is 0 Å². The van der Waals surface area contributed by atoms with Gasteiger partial charge >= 0.3 is 0 Å². The summed E-state index contributed by atoms with van der Waals surface area (Å²) in [4.78, 5) is 53.6. The normalized spacial score (nSPS) is 29.5. The van der Waals surface area contributed by atoms with Crippen molar-refractivity contribution in [3.8, 4) is 0 Å². The highest BCUT2D eigenvalue weighted by Crippen LogP contribution is 2.30. The van der Waals surface area contributed by atoms with Gasteiger partial charge in [-0.15, -0.1) is 0 Å². The van der Waals surface area contributed by atoms with Gasteiger partial charge in [0.15, 0.2) is 9.04 Å². The Bertz CT molecular complexity index is 1230. The van der Waals surface area contributed by atoms with Crippen LogP contribution in [-0.4, -0.2) is 68.5 Å². The maximum Gasteiger partial charge on any atom is 0.258 e. The summed E-state index contributed by atoms with van der Waals surface area (Å²) in [6.45, 7) is 18.3. The van der Waals surface area contributed by atoms with E-state index in [0.29, 0.717) is 32.2 Å². The van der Waals surface area contributed by atoms with Gasteiger partial charge in [-0.3, -0.25) is 24.2 Å². The fraction of sp³-hybridized carbons (Fsp3) is 0.647. The van der Waals surface area contributed by atoms with Crippen LogP contribution in [0.3, 0.4) is 0 Å². The van der Waals surface area contributed by atoms with Gasteiger partial charge in [0.25, 0.3) is 5.91 Å². The van der Waals surface area contributed by atoms with Crippen molar-refractivity contribution in [2.75, 3.05) is 6.54 Å². The molecule has 11 heteroatoms. The number of nitrogens with zero attached hydrogens (tertiary/aromatic N) is 1. The molecule has 2 aliphatic rings. The highest BCUT2D eigenvalue weighted by atomic mass is 28.3. The molecule has 4 amide bonds. The second-order valence-electron chi connectivity index (χ2n) is 14.1. The van der Waals surface area contributed by atoms with Crippen LogP contribution in [0.2, 0.25) is 11.6 Å². The molecule has 4 bridgehead atoms. The number of amides is 4. The first-order chi connectivity index (χ1) is 21.1. The van der Waals surface area contributed by atoms with Gasteiger partial charge in [0, 0.05) is 6.54 Å². The summed E-state index contributed by atoms with van der Waals surface area (Å²) < 4.78 is 6.64. The Morgan fingerprint density at radius 1 is 0.933 bits per heavy atom. The molecule has 3 rings (SSSR count). The fourth-order valence-electron chi connectivity index (χ4n) is 5.43. The number of rotatable bonds is 3. The largest absolute Gasteiger partial charge is 0.416 e. The second-order valence-corrected chi connectivity index (χ2v) is 17.4. The number of fused-ring (bicyclic) bond motifs is 4. The van der Waals surface area contributed by atoms with Gasteiger partial charge in [-0.2, -0.15) is 0 Å². The predicted molar refractivity (Wildman–Crippen MR) is 180 cm³/mol. The number of hydrazine groups is 1. The Morgan fingerprint density at radius 3 is 2.29 bits per heavy atom. The van der Waals surface area contributed by atoms with E-state index in [1.807, 2.05) is 45.9 Å². The van der Waals surface area contributed by atoms with Crippen molar-refractivity contribution in [2.24, 2.45) is 11.8 Å². The monoisotopic (exact) mass is 641 g/mol. The number of allylic oxidation sites excluding steroid dienone is 1. The van der Waals surface area contributed by atoms with Crippen LogP contribution in [0.1, 0.15) is 98.2 Å². The van der Waals surface area contributed by atoms with Gasteiger partial charge < -0.3 is 20.4 Å². The molecule has 1 fully saturated rings. The van der Waals surface area contributed by atoms with Crippen molar-refractivity contribution in [3.63, 3.8) is 0 Å². The van der Waals surface area contributed by atoms with E-state index in [2.05, 4.69) is 66.9 Å². The van der Waals surface area contributed by atoms with Crippen LogP contribution < -0.4 is 21.4 Å². The maximum atomic E-state index is 13.6. The molecule has 0 saturated carbocycles. The number of hydrogen-bond donors (Lipinski definition) is 4. The minimum atomic E-state index is -1.67. The quantitative estimate of drug-likeness (QED) is 0.370. The lowest BCUT2D eigenvalue weighted by molar-refractivity contribution is -0.143.